The molecule has 0 bridgehead atoms. The van der Waals surface area contributed by atoms with E-state index in [4.69, 9.17) is 4.74 Å². The Morgan fingerprint density at radius 3 is 2.06 bits per heavy atom. The minimum absolute atomic E-state index is 0.126. The molecule has 5 atom stereocenters. The average Bonchev–Trinajstić information content (AvgIpc) is 3.49. The third-order valence-corrected chi connectivity index (χ3v) is 11.5. The molecule has 3 fully saturated rings. The van der Waals surface area contributed by atoms with Gasteiger partial charge >= 0.3 is 5.97 Å². The number of carbonyl (C=O) groups is 1. The Morgan fingerprint density at radius 2 is 1.52 bits per heavy atom. The lowest BCUT2D eigenvalue weighted by atomic mass is 9.89. The quantitative estimate of drug-likeness (QED) is 0.323. The summed E-state index contributed by atoms with van der Waals surface area (Å²) in [5, 5.41) is 2.29. The van der Waals surface area contributed by atoms with E-state index < -0.39 is 13.6 Å². The van der Waals surface area contributed by atoms with Crippen molar-refractivity contribution in [3.8, 4) is 0 Å². The van der Waals surface area contributed by atoms with Crippen molar-refractivity contribution in [2.45, 2.75) is 89.6 Å². The Balaban J connectivity index is 1.63. The third-order valence-electron chi connectivity index (χ3n) is 7.67. The normalized spacial score (nSPS) is 31.8. The molecule has 1 aliphatic carbocycles. The van der Waals surface area contributed by atoms with Crippen molar-refractivity contribution >= 4 is 24.3 Å². The van der Waals surface area contributed by atoms with Gasteiger partial charge in [0, 0.05) is 24.2 Å². The number of carbonyl (C=O) groups excluding carboxylic acids is 1. The summed E-state index contributed by atoms with van der Waals surface area (Å²) in [7, 11) is -1.74. The average molecular weight is 470 g/mol. The van der Waals surface area contributed by atoms with Gasteiger partial charge in [-0.3, -0.25) is 9.36 Å². The molecule has 33 heavy (non-hydrogen) atoms. The van der Waals surface area contributed by atoms with Gasteiger partial charge in [0.25, 0.3) is 7.59 Å². The maximum absolute atomic E-state index is 15.3. The molecule has 0 N–H and O–H groups in total. The van der Waals surface area contributed by atoms with Gasteiger partial charge in [0.1, 0.15) is 6.04 Å². The number of benzene rings is 2. The van der Waals surface area contributed by atoms with E-state index in [2.05, 4.69) is 67.4 Å². The van der Waals surface area contributed by atoms with E-state index in [1.165, 1.54) is 20.0 Å². The van der Waals surface area contributed by atoms with Crippen LogP contribution in [0.3, 0.4) is 0 Å². The van der Waals surface area contributed by atoms with Crippen LogP contribution in [0.1, 0.15) is 65.0 Å². The monoisotopic (exact) mass is 469 g/mol. The Morgan fingerprint density at radius 1 is 0.939 bits per heavy atom. The molecule has 2 aromatic carbocycles. The van der Waals surface area contributed by atoms with Crippen LogP contribution in [0.25, 0.3) is 10.8 Å². The van der Waals surface area contributed by atoms with Gasteiger partial charge in [0.15, 0.2) is 0 Å². The molecule has 178 valence electrons. The maximum atomic E-state index is 15.3. The van der Waals surface area contributed by atoms with Gasteiger partial charge < -0.3 is 4.74 Å². The molecular formula is C26H36N3O3P. The summed E-state index contributed by atoms with van der Waals surface area (Å²) in [6, 6.07) is 14.6. The second kappa shape index (κ2) is 8.49. The van der Waals surface area contributed by atoms with Crippen LogP contribution in [-0.2, 0) is 14.1 Å². The summed E-state index contributed by atoms with van der Waals surface area (Å²) >= 11 is 0. The van der Waals surface area contributed by atoms with Crippen molar-refractivity contribution in [2.24, 2.45) is 0 Å². The van der Waals surface area contributed by atoms with Gasteiger partial charge in [-0.1, -0.05) is 49.2 Å². The highest BCUT2D eigenvalue weighted by molar-refractivity contribution is 7.57. The van der Waals surface area contributed by atoms with Gasteiger partial charge in [-0.2, -0.15) is 0 Å². The standard InChI is InChI=1S/C26H36N3O3P/c1-17(2)27-22-12-8-9-13-23(22)28(18(3)4)33(27,31)29-24(25(29)26(30)32-5)21-15-14-19-10-6-7-11-20(19)16-21/h6-7,10-11,14-18,22-25H,8-9,12-13H2,1-5H3/t22-,23-,24+,25+,29?/m1/s1. The minimum Gasteiger partial charge on any atom is -0.468 e. The number of methoxy groups -OCH3 is 1. The van der Waals surface area contributed by atoms with Gasteiger partial charge in [-0.15, -0.1) is 0 Å². The summed E-state index contributed by atoms with van der Waals surface area (Å²) in [5.41, 5.74) is 1.03. The highest BCUT2D eigenvalue weighted by Crippen LogP contribution is 2.75. The first-order chi connectivity index (χ1) is 15.8. The topological polar surface area (TPSA) is 52.9 Å². The SMILES string of the molecule is COC(=O)[C@@H]1[C@H](c2ccc3ccccc3c2)N1P1(=O)N(C(C)C)[C@@H]2CCCC[C@H]2N1C(C)C. The zero-order valence-corrected chi connectivity index (χ0v) is 21.2. The van der Waals surface area contributed by atoms with E-state index in [-0.39, 0.29) is 36.2 Å². The molecule has 2 aromatic rings. The molecule has 2 aliphatic heterocycles. The molecule has 7 heteroatoms. The predicted octanol–water partition coefficient (Wildman–Crippen LogP) is 5.59. The highest BCUT2D eigenvalue weighted by atomic mass is 31.2. The second-order valence-corrected chi connectivity index (χ2v) is 12.7. The van der Waals surface area contributed by atoms with E-state index in [0.29, 0.717) is 0 Å². The molecule has 5 rings (SSSR count). The van der Waals surface area contributed by atoms with E-state index in [1.54, 1.807) is 0 Å². The van der Waals surface area contributed by atoms with Crippen molar-refractivity contribution < 1.29 is 14.1 Å². The fourth-order valence-corrected chi connectivity index (χ4v) is 10.7. The third kappa shape index (κ3) is 3.49. The van der Waals surface area contributed by atoms with Gasteiger partial charge in [-0.05, 0) is 62.9 Å². The summed E-state index contributed by atoms with van der Waals surface area (Å²) < 4.78 is 27.1. The van der Waals surface area contributed by atoms with Gasteiger partial charge in [0.2, 0.25) is 0 Å². The van der Waals surface area contributed by atoms with E-state index in [1.807, 2.05) is 16.8 Å². The van der Waals surface area contributed by atoms with Crippen LogP contribution < -0.4 is 0 Å². The van der Waals surface area contributed by atoms with Crippen LogP contribution in [0.4, 0.5) is 0 Å². The molecule has 0 spiro atoms. The lowest BCUT2D eigenvalue weighted by Gasteiger charge is -2.37. The van der Waals surface area contributed by atoms with Crippen LogP contribution in [0.15, 0.2) is 42.5 Å². The first-order valence-electron chi connectivity index (χ1n) is 12.3. The fraction of sp³-hybridized carbons (Fsp3) is 0.577. The Kier molecular flexibility index (Phi) is 5.93. The van der Waals surface area contributed by atoms with E-state index in [9.17, 15) is 4.79 Å². The molecule has 1 saturated carbocycles. The van der Waals surface area contributed by atoms with E-state index in [0.717, 1.165) is 29.2 Å². The number of rotatable bonds is 5. The Bertz CT molecular complexity index is 1080. The van der Waals surface area contributed by atoms with Crippen LogP contribution >= 0.6 is 7.59 Å². The van der Waals surface area contributed by atoms with Crippen LogP contribution in [0.5, 0.6) is 0 Å². The summed E-state index contributed by atoms with van der Waals surface area (Å²) in [4.78, 5) is 13.0. The lowest BCUT2D eigenvalue weighted by Crippen LogP contribution is -2.43. The summed E-state index contributed by atoms with van der Waals surface area (Å²) in [6.45, 7) is 8.57. The zero-order chi connectivity index (χ0) is 23.5. The summed E-state index contributed by atoms with van der Waals surface area (Å²) in [5.74, 6) is -0.300. The molecule has 0 amide bonds. The van der Waals surface area contributed by atoms with Crippen LogP contribution in [0, 0.1) is 0 Å². The molecule has 1 unspecified atom stereocenters. The van der Waals surface area contributed by atoms with Crippen LogP contribution in [0.2, 0.25) is 0 Å². The Hall–Kier alpha value is -1.72. The van der Waals surface area contributed by atoms with Gasteiger partial charge in [0.05, 0.1) is 13.2 Å². The van der Waals surface area contributed by atoms with Crippen molar-refractivity contribution in [1.29, 1.82) is 0 Å². The summed E-state index contributed by atoms with van der Waals surface area (Å²) in [6.07, 6.45) is 4.47. The number of hydrogen-bond donors (Lipinski definition) is 0. The maximum Gasteiger partial charge on any atom is 0.325 e. The van der Waals surface area contributed by atoms with Crippen molar-refractivity contribution in [2.75, 3.05) is 7.11 Å². The largest absolute Gasteiger partial charge is 0.468 e. The molecular weight excluding hydrogens is 433 g/mol. The van der Waals surface area contributed by atoms with E-state index >= 15 is 4.57 Å². The Labute approximate surface area is 197 Å². The molecule has 2 heterocycles. The molecule has 3 aliphatic rings. The smallest absolute Gasteiger partial charge is 0.325 e. The first-order valence-corrected chi connectivity index (χ1v) is 13.9. The van der Waals surface area contributed by atoms with Crippen molar-refractivity contribution in [3.05, 3.63) is 48.0 Å². The number of ether oxygens (including phenoxy) is 1. The number of esters is 1. The molecule has 2 saturated heterocycles. The zero-order valence-electron chi connectivity index (χ0n) is 20.3. The van der Waals surface area contributed by atoms with Crippen LogP contribution in [-0.4, -0.2) is 57.3 Å². The number of nitrogens with zero attached hydrogens (tertiary/aromatic N) is 3. The minimum atomic E-state index is -3.17. The van der Waals surface area contributed by atoms with Gasteiger partial charge in [-0.25, -0.2) is 14.0 Å². The van der Waals surface area contributed by atoms with Crippen molar-refractivity contribution in [1.82, 2.24) is 14.0 Å². The molecule has 0 radical (unpaired) electrons. The number of fused-ring (bicyclic) bond motifs is 2. The van der Waals surface area contributed by atoms with Crippen molar-refractivity contribution in [3.63, 3.8) is 0 Å². The highest BCUT2D eigenvalue weighted by Gasteiger charge is 2.71. The number of hydrogen-bond acceptors (Lipinski definition) is 3. The predicted molar refractivity (Wildman–Crippen MR) is 132 cm³/mol. The second-order valence-electron chi connectivity index (χ2n) is 10.3. The lowest BCUT2D eigenvalue weighted by molar-refractivity contribution is -0.140. The molecule has 6 nitrogen and oxygen atoms in total. The first kappa shape index (κ1) is 23.0. The molecule has 0 aromatic heterocycles. The fourth-order valence-electron chi connectivity index (χ4n) is 6.45.